The van der Waals surface area contributed by atoms with Gasteiger partial charge in [0.15, 0.2) is 0 Å². The minimum Gasteiger partial charge on any atom is -0.505 e. The summed E-state index contributed by atoms with van der Waals surface area (Å²) in [5, 5.41) is 20.5. The lowest BCUT2D eigenvalue weighted by atomic mass is 9.86. The molecule has 3 aromatic carbocycles. The van der Waals surface area contributed by atoms with Crippen LogP contribution in [0.2, 0.25) is 0 Å². The van der Waals surface area contributed by atoms with Crippen LogP contribution in [0, 0.1) is 0 Å². The highest BCUT2D eigenvalue weighted by atomic mass is 32.2. The van der Waals surface area contributed by atoms with Crippen LogP contribution in [0.5, 0.6) is 11.5 Å². The number of ether oxygens (including phenoxy) is 2. The van der Waals surface area contributed by atoms with Crippen LogP contribution in [0.4, 0.5) is 0 Å². The highest BCUT2D eigenvalue weighted by Gasteiger charge is 2.24. The number of hydrogen-bond donors (Lipinski definition) is 1. The first-order chi connectivity index (χ1) is 17.6. The average Bonchev–Trinajstić information content (AvgIpc) is 3.27. The highest BCUT2D eigenvalue weighted by molar-refractivity contribution is 7.99. The Bertz CT molecular complexity index is 1420. The molecule has 192 valence electrons. The van der Waals surface area contributed by atoms with Crippen LogP contribution in [0.1, 0.15) is 39.7 Å². The number of carbonyl (C=O) groups is 1. The lowest BCUT2D eigenvalue weighted by Crippen LogP contribution is -2.14. The first-order valence-corrected chi connectivity index (χ1v) is 12.9. The number of aromatic hydroxyl groups is 1. The fourth-order valence-electron chi connectivity index (χ4n) is 3.63. The van der Waals surface area contributed by atoms with Crippen LogP contribution >= 0.6 is 11.8 Å². The van der Waals surface area contributed by atoms with Crippen molar-refractivity contribution in [1.82, 2.24) is 15.0 Å². The molecule has 8 heteroatoms. The zero-order valence-electron chi connectivity index (χ0n) is 21.5. The molecule has 0 amide bonds. The molecule has 0 bridgehead atoms. The number of aromatic nitrogens is 3. The standard InChI is InChI=1S/C29H31N3O4S/c1-19(2)28(34)36-15-9-14-35-20-16-23(29(3,4)5)27(33)26(17-20)32-30-24-13-12-22(18-25(24)31-32)37-21-10-7-6-8-11-21/h6-8,10-13,16-18,33H,1,9,14-15H2,2-5H3. The van der Waals surface area contributed by atoms with Gasteiger partial charge in [0, 0.05) is 33.4 Å². The second kappa shape index (κ2) is 11.1. The van der Waals surface area contributed by atoms with Crippen molar-refractivity contribution >= 4 is 28.8 Å². The van der Waals surface area contributed by atoms with Crippen molar-refractivity contribution in [3.05, 3.63) is 78.4 Å². The summed E-state index contributed by atoms with van der Waals surface area (Å²) in [7, 11) is 0. The largest absolute Gasteiger partial charge is 0.505 e. The van der Waals surface area contributed by atoms with Crippen LogP contribution < -0.4 is 4.74 Å². The summed E-state index contributed by atoms with van der Waals surface area (Å²) in [6.45, 7) is 11.8. The molecule has 7 nitrogen and oxygen atoms in total. The molecular formula is C29H31N3O4S. The van der Waals surface area contributed by atoms with E-state index in [1.807, 2.05) is 63.2 Å². The fourth-order valence-corrected chi connectivity index (χ4v) is 4.50. The van der Waals surface area contributed by atoms with E-state index >= 15 is 0 Å². The Labute approximate surface area is 221 Å². The van der Waals surface area contributed by atoms with Gasteiger partial charge in [0.1, 0.15) is 28.2 Å². The number of phenols is 1. The number of hydrogen-bond acceptors (Lipinski definition) is 7. The molecule has 0 atom stereocenters. The lowest BCUT2D eigenvalue weighted by molar-refractivity contribution is -0.139. The van der Waals surface area contributed by atoms with Gasteiger partial charge in [0.05, 0.1) is 13.2 Å². The normalized spacial score (nSPS) is 11.5. The quantitative estimate of drug-likeness (QED) is 0.155. The summed E-state index contributed by atoms with van der Waals surface area (Å²) in [5.41, 5.74) is 2.62. The third kappa shape index (κ3) is 6.51. The maximum absolute atomic E-state index is 11.5. The number of benzene rings is 3. The zero-order valence-corrected chi connectivity index (χ0v) is 22.3. The topological polar surface area (TPSA) is 86.5 Å². The van der Waals surface area contributed by atoms with E-state index in [0.717, 1.165) is 26.4 Å². The van der Waals surface area contributed by atoms with E-state index in [4.69, 9.17) is 9.47 Å². The molecule has 0 spiro atoms. The maximum Gasteiger partial charge on any atom is 0.333 e. The smallest absolute Gasteiger partial charge is 0.333 e. The Kier molecular flexibility index (Phi) is 7.88. The van der Waals surface area contributed by atoms with Crippen molar-refractivity contribution in [3.63, 3.8) is 0 Å². The van der Waals surface area contributed by atoms with Gasteiger partial charge in [-0.05, 0) is 48.7 Å². The summed E-state index contributed by atoms with van der Waals surface area (Å²) in [6, 6.07) is 19.6. The molecular weight excluding hydrogens is 486 g/mol. The van der Waals surface area contributed by atoms with Gasteiger partial charge in [-0.1, -0.05) is 57.3 Å². The van der Waals surface area contributed by atoms with Gasteiger partial charge in [0.25, 0.3) is 0 Å². The monoisotopic (exact) mass is 517 g/mol. The zero-order chi connectivity index (χ0) is 26.6. The minimum absolute atomic E-state index is 0.106. The predicted octanol–water partition coefficient (Wildman–Crippen LogP) is 6.46. The van der Waals surface area contributed by atoms with Gasteiger partial charge in [-0.15, -0.1) is 15.0 Å². The van der Waals surface area contributed by atoms with Gasteiger partial charge >= 0.3 is 5.97 Å². The molecule has 0 aliphatic rings. The fraction of sp³-hybridized carbons (Fsp3) is 0.276. The molecule has 0 saturated carbocycles. The Hall–Kier alpha value is -3.78. The molecule has 0 unspecified atom stereocenters. The summed E-state index contributed by atoms with van der Waals surface area (Å²) in [4.78, 5) is 15.2. The summed E-state index contributed by atoms with van der Waals surface area (Å²) in [6.07, 6.45) is 0.520. The van der Waals surface area contributed by atoms with Gasteiger partial charge in [-0.3, -0.25) is 0 Å². The van der Waals surface area contributed by atoms with E-state index in [9.17, 15) is 9.90 Å². The molecule has 1 N–H and O–H groups in total. The first-order valence-electron chi connectivity index (χ1n) is 12.0. The van der Waals surface area contributed by atoms with E-state index in [1.54, 1.807) is 24.8 Å². The van der Waals surface area contributed by atoms with Crippen molar-refractivity contribution < 1.29 is 19.4 Å². The van der Waals surface area contributed by atoms with Crippen molar-refractivity contribution in [1.29, 1.82) is 0 Å². The minimum atomic E-state index is -0.413. The number of esters is 1. The molecule has 0 fully saturated rings. The Morgan fingerprint density at radius 3 is 2.43 bits per heavy atom. The number of rotatable bonds is 9. The van der Waals surface area contributed by atoms with E-state index < -0.39 is 5.97 Å². The number of fused-ring (bicyclic) bond motifs is 1. The SMILES string of the molecule is C=C(C)C(=O)OCCCOc1cc(-n2nc3ccc(Sc4ccccc4)cc3n2)c(O)c(C(C)(C)C)c1. The molecule has 0 aliphatic heterocycles. The molecule has 4 rings (SSSR count). The Morgan fingerprint density at radius 1 is 1.00 bits per heavy atom. The van der Waals surface area contributed by atoms with E-state index in [-0.39, 0.29) is 17.8 Å². The van der Waals surface area contributed by atoms with Crippen LogP contribution in [-0.4, -0.2) is 39.3 Å². The maximum atomic E-state index is 11.5. The first kappa shape index (κ1) is 26.3. The summed E-state index contributed by atoms with van der Waals surface area (Å²) < 4.78 is 11.1. The lowest BCUT2D eigenvalue weighted by Gasteiger charge is -2.23. The number of phenolic OH excluding ortho intramolecular Hbond substituents is 1. The van der Waals surface area contributed by atoms with Crippen LogP contribution in [0.25, 0.3) is 16.7 Å². The van der Waals surface area contributed by atoms with Crippen molar-refractivity contribution in [2.75, 3.05) is 13.2 Å². The molecule has 0 aliphatic carbocycles. The average molecular weight is 518 g/mol. The summed E-state index contributed by atoms with van der Waals surface area (Å²) in [5.74, 6) is 0.268. The van der Waals surface area contributed by atoms with Crippen LogP contribution in [0.3, 0.4) is 0 Å². The van der Waals surface area contributed by atoms with Gasteiger partial charge in [0.2, 0.25) is 0 Å². The van der Waals surface area contributed by atoms with Crippen molar-refractivity contribution in [2.45, 2.75) is 49.3 Å². The highest BCUT2D eigenvalue weighted by Crippen LogP contribution is 2.38. The van der Waals surface area contributed by atoms with E-state index in [0.29, 0.717) is 30.0 Å². The summed E-state index contributed by atoms with van der Waals surface area (Å²) >= 11 is 1.65. The van der Waals surface area contributed by atoms with Crippen molar-refractivity contribution in [3.8, 4) is 17.2 Å². The third-order valence-corrected chi connectivity index (χ3v) is 6.55. The molecule has 1 heterocycles. The Morgan fingerprint density at radius 2 is 1.73 bits per heavy atom. The third-order valence-electron chi connectivity index (χ3n) is 5.56. The van der Waals surface area contributed by atoms with Gasteiger partial charge in [-0.2, -0.15) is 0 Å². The number of nitrogens with zero attached hydrogens (tertiary/aromatic N) is 3. The molecule has 1 aromatic heterocycles. The van der Waals surface area contributed by atoms with E-state index in [2.05, 4.69) is 28.9 Å². The van der Waals surface area contributed by atoms with Gasteiger partial charge < -0.3 is 14.6 Å². The second-order valence-corrected chi connectivity index (χ2v) is 10.9. The molecule has 0 radical (unpaired) electrons. The van der Waals surface area contributed by atoms with Crippen molar-refractivity contribution in [2.24, 2.45) is 0 Å². The van der Waals surface area contributed by atoms with Crippen LogP contribution in [0.15, 0.2) is 82.6 Å². The second-order valence-electron chi connectivity index (χ2n) is 9.76. The van der Waals surface area contributed by atoms with Crippen LogP contribution in [-0.2, 0) is 14.9 Å². The molecule has 0 saturated heterocycles. The van der Waals surface area contributed by atoms with E-state index in [1.165, 1.54) is 4.80 Å². The molecule has 37 heavy (non-hydrogen) atoms. The van der Waals surface area contributed by atoms with Gasteiger partial charge in [-0.25, -0.2) is 4.79 Å². The number of carbonyl (C=O) groups excluding carboxylic acids is 1. The predicted molar refractivity (Wildman–Crippen MR) is 146 cm³/mol. The molecule has 4 aromatic rings. The Balaban J connectivity index is 1.58.